The van der Waals surface area contributed by atoms with Gasteiger partial charge in [0, 0.05) is 18.6 Å². The summed E-state index contributed by atoms with van der Waals surface area (Å²) in [7, 11) is 1.86. The van der Waals surface area contributed by atoms with E-state index in [-0.39, 0.29) is 17.4 Å². The Morgan fingerprint density at radius 3 is 2.65 bits per heavy atom. The van der Waals surface area contributed by atoms with E-state index in [9.17, 15) is 4.79 Å². The molecular weight excluding hydrogens is 272 g/mol. The van der Waals surface area contributed by atoms with Crippen molar-refractivity contribution in [1.82, 2.24) is 10.2 Å². The second kappa shape index (κ2) is 6.15. The van der Waals surface area contributed by atoms with Crippen LogP contribution in [0.3, 0.4) is 0 Å². The number of likely N-dealkylation sites (N-methyl/N-ethyl adjacent to an activating group) is 1. The van der Waals surface area contributed by atoms with Crippen molar-refractivity contribution >= 4 is 17.5 Å². The first kappa shape index (κ1) is 15.3. The van der Waals surface area contributed by atoms with Gasteiger partial charge in [-0.25, -0.2) is 0 Å². The number of carbonyl (C=O) groups is 1. The van der Waals surface area contributed by atoms with E-state index in [0.29, 0.717) is 6.54 Å². The highest BCUT2D eigenvalue weighted by Crippen LogP contribution is 2.31. The molecule has 3 nitrogen and oxygen atoms in total. The summed E-state index contributed by atoms with van der Waals surface area (Å²) in [5, 5.41) is 4.09. The van der Waals surface area contributed by atoms with Crippen LogP contribution in [-0.2, 0) is 11.3 Å². The first-order valence-corrected chi connectivity index (χ1v) is 7.51. The third-order valence-corrected chi connectivity index (χ3v) is 4.34. The summed E-state index contributed by atoms with van der Waals surface area (Å²) < 4.78 is 0. The summed E-state index contributed by atoms with van der Waals surface area (Å²) in [6.45, 7) is 5.87. The number of piperidine rings is 1. The molecule has 1 amide bonds. The maximum atomic E-state index is 12.6. The lowest BCUT2D eigenvalue weighted by atomic mass is 9.77. The van der Waals surface area contributed by atoms with Gasteiger partial charge in [0.1, 0.15) is 0 Å². The summed E-state index contributed by atoms with van der Waals surface area (Å²) in [4.78, 5) is 14.4. The molecule has 0 aromatic heterocycles. The van der Waals surface area contributed by atoms with Gasteiger partial charge < -0.3 is 10.2 Å². The summed E-state index contributed by atoms with van der Waals surface area (Å²) in [6.07, 6.45) is 2.23. The van der Waals surface area contributed by atoms with Crippen molar-refractivity contribution in [2.45, 2.75) is 39.3 Å². The Bertz CT molecular complexity index is 470. The molecule has 0 bridgehead atoms. The SMILES string of the molecule is CN(Cc1ccc(Cl)cc1)C(=O)C1NCCCC1(C)C. The lowest BCUT2D eigenvalue weighted by Crippen LogP contribution is -2.55. The molecule has 0 spiro atoms. The number of nitrogens with zero attached hydrogens (tertiary/aromatic N) is 1. The van der Waals surface area contributed by atoms with E-state index in [4.69, 9.17) is 11.6 Å². The quantitative estimate of drug-likeness (QED) is 0.929. The van der Waals surface area contributed by atoms with Crippen molar-refractivity contribution in [3.8, 4) is 0 Å². The minimum Gasteiger partial charge on any atom is -0.340 e. The van der Waals surface area contributed by atoms with Crippen molar-refractivity contribution in [3.63, 3.8) is 0 Å². The molecule has 2 rings (SSSR count). The Balaban J connectivity index is 2.02. The second-order valence-corrected chi connectivity index (χ2v) is 6.74. The minimum atomic E-state index is -0.0893. The number of amides is 1. The Labute approximate surface area is 126 Å². The average Bonchev–Trinajstić information content (AvgIpc) is 2.40. The average molecular weight is 295 g/mol. The van der Waals surface area contributed by atoms with Crippen molar-refractivity contribution in [3.05, 3.63) is 34.9 Å². The largest absolute Gasteiger partial charge is 0.340 e. The van der Waals surface area contributed by atoms with Crippen LogP contribution in [0.4, 0.5) is 0 Å². The van der Waals surface area contributed by atoms with Crippen LogP contribution in [0.1, 0.15) is 32.3 Å². The van der Waals surface area contributed by atoms with Crippen LogP contribution in [0, 0.1) is 5.41 Å². The van der Waals surface area contributed by atoms with Crippen LogP contribution in [0.2, 0.25) is 5.02 Å². The van der Waals surface area contributed by atoms with Crippen LogP contribution in [-0.4, -0.2) is 30.4 Å². The molecular formula is C16H23ClN2O. The Hall–Kier alpha value is -1.06. The van der Waals surface area contributed by atoms with E-state index < -0.39 is 0 Å². The highest BCUT2D eigenvalue weighted by Gasteiger charge is 2.38. The van der Waals surface area contributed by atoms with Crippen LogP contribution in [0.5, 0.6) is 0 Å². The van der Waals surface area contributed by atoms with E-state index in [2.05, 4.69) is 19.2 Å². The summed E-state index contributed by atoms with van der Waals surface area (Å²) in [5.74, 6) is 0.171. The number of hydrogen-bond acceptors (Lipinski definition) is 2. The third kappa shape index (κ3) is 3.53. The number of hydrogen-bond donors (Lipinski definition) is 1. The second-order valence-electron chi connectivity index (χ2n) is 6.30. The van der Waals surface area contributed by atoms with Gasteiger partial charge in [-0.15, -0.1) is 0 Å². The molecule has 1 saturated heterocycles. The number of carbonyl (C=O) groups excluding carboxylic acids is 1. The van der Waals surface area contributed by atoms with E-state index >= 15 is 0 Å². The molecule has 1 aliphatic heterocycles. The summed E-state index contributed by atoms with van der Waals surface area (Å²) in [5.41, 5.74) is 1.11. The monoisotopic (exact) mass is 294 g/mol. The minimum absolute atomic E-state index is 0.0174. The zero-order valence-corrected chi connectivity index (χ0v) is 13.2. The Morgan fingerprint density at radius 1 is 1.40 bits per heavy atom. The van der Waals surface area contributed by atoms with E-state index in [1.807, 2.05) is 31.3 Å². The topological polar surface area (TPSA) is 32.3 Å². The van der Waals surface area contributed by atoms with Gasteiger partial charge in [-0.05, 0) is 42.5 Å². The molecule has 1 aromatic carbocycles. The molecule has 0 radical (unpaired) electrons. The highest BCUT2D eigenvalue weighted by atomic mass is 35.5. The molecule has 0 saturated carbocycles. The molecule has 4 heteroatoms. The molecule has 1 N–H and O–H groups in total. The lowest BCUT2D eigenvalue weighted by Gasteiger charge is -2.40. The Morgan fingerprint density at radius 2 is 2.05 bits per heavy atom. The first-order chi connectivity index (χ1) is 9.40. The van der Waals surface area contributed by atoms with Gasteiger partial charge in [0.05, 0.1) is 6.04 Å². The smallest absolute Gasteiger partial charge is 0.240 e. The Kier molecular flexibility index (Phi) is 4.71. The molecule has 1 atom stereocenters. The number of benzene rings is 1. The zero-order valence-electron chi connectivity index (χ0n) is 12.4. The van der Waals surface area contributed by atoms with E-state index in [0.717, 1.165) is 30.0 Å². The lowest BCUT2D eigenvalue weighted by molar-refractivity contribution is -0.136. The molecule has 1 aliphatic rings. The van der Waals surface area contributed by atoms with Gasteiger partial charge in [0.2, 0.25) is 5.91 Å². The predicted octanol–water partition coefficient (Wildman–Crippen LogP) is 3.08. The summed E-state index contributed by atoms with van der Waals surface area (Å²) >= 11 is 5.88. The van der Waals surface area contributed by atoms with Crippen LogP contribution >= 0.6 is 11.6 Å². The third-order valence-electron chi connectivity index (χ3n) is 4.08. The maximum absolute atomic E-state index is 12.6. The first-order valence-electron chi connectivity index (χ1n) is 7.13. The molecule has 1 unspecified atom stereocenters. The highest BCUT2D eigenvalue weighted by molar-refractivity contribution is 6.30. The maximum Gasteiger partial charge on any atom is 0.240 e. The fourth-order valence-corrected chi connectivity index (χ4v) is 2.92. The fraction of sp³-hybridized carbons (Fsp3) is 0.562. The van der Waals surface area contributed by atoms with E-state index in [1.165, 1.54) is 0 Å². The predicted molar refractivity (Wildman–Crippen MR) is 82.7 cm³/mol. The normalized spacial score (nSPS) is 21.5. The molecule has 1 heterocycles. The van der Waals surface area contributed by atoms with Gasteiger partial charge in [0.25, 0.3) is 0 Å². The van der Waals surface area contributed by atoms with Crippen molar-refractivity contribution < 1.29 is 4.79 Å². The van der Waals surface area contributed by atoms with Crippen LogP contribution in [0.15, 0.2) is 24.3 Å². The standard InChI is InChI=1S/C16H23ClN2O/c1-16(2)9-4-10-18-14(16)15(20)19(3)11-12-5-7-13(17)8-6-12/h5-8,14,18H,4,9-11H2,1-3H3. The zero-order chi connectivity index (χ0) is 14.8. The molecule has 1 aromatic rings. The molecule has 110 valence electrons. The number of halogens is 1. The summed E-state index contributed by atoms with van der Waals surface area (Å²) in [6, 6.07) is 7.56. The van der Waals surface area contributed by atoms with E-state index in [1.54, 1.807) is 4.90 Å². The van der Waals surface area contributed by atoms with Gasteiger partial charge in [0.15, 0.2) is 0 Å². The van der Waals surface area contributed by atoms with Crippen molar-refractivity contribution in [2.75, 3.05) is 13.6 Å². The molecule has 1 fully saturated rings. The van der Waals surface area contributed by atoms with Crippen molar-refractivity contribution in [2.24, 2.45) is 5.41 Å². The van der Waals surface area contributed by atoms with Gasteiger partial charge in [-0.2, -0.15) is 0 Å². The van der Waals surface area contributed by atoms with Crippen molar-refractivity contribution in [1.29, 1.82) is 0 Å². The van der Waals surface area contributed by atoms with Gasteiger partial charge >= 0.3 is 0 Å². The molecule has 0 aliphatic carbocycles. The van der Waals surface area contributed by atoms with Gasteiger partial charge in [-0.3, -0.25) is 4.79 Å². The number of rotatable bonds is 3. The molecule has 20 heavy (non-hydrogen) atoms. The van der Waals surface area contributed by atoms with Crippen LogP contribution in [0.25, 0.3) is 0 Å². The number of nitrogens with one attached hydrogen (secondary N) is 1. The van der Waals surface area contributed by atoms with Gasteiger partial charge in [-0.1, -0.05) is 37.6 Å². The fourth-order valence-electron chi connectivity index (χ4n) is 2.79. The van der Waals surface area contributed by atoms with Crippen LogP contribution < -0.4 is 5.32 Å².